The monoisotopic (exact) mass is 251 g/mol. The minimum atomic E-state index is 0.649. The number of hydrogen-bond donors (Lipinski definition) is 1. The fourth-order valence-corrected chi connectivity index (χ4v) is 4.27. The largest absolute Gasteiger partial charge is 0.314 e. The summed E-state index contributed by atoms with van der Waals surface area (Å²) in [7, 11) is 0. The van der Waals surface area contributed by atoms with Crippen LogP contribution in [-0.2, 0) is 0 Å². The van der Waals surface area contributed by atoms with Gasteiger partial charge in [-0.15, -0.1) is 0 Å². The van der Waals surface area contributed by atoms with Crippen molar-refractivity contribution >= 4 is 0 Å². The van der Waals surface area contributed by atoms with E-state index in [0.717, 1.165) is 23.7 Å². The lowest BCUT2D eigenvalue weighted by molar-refractivity contribution is 0.0992. The molecule has 0 saturated heterocycles. The Morgan fingerprint density at radius 2 is 1.72 bits per heavy atom. The molecule has 2 rings (SSSR count). The van der Waals surface area contributed by atoms with Gasteiger partial charge in [-0.25, -0.2) is 0 Å². The lowest BCUT2D eigenvalue weighted by Gasteiger charge is -2.41. The third-order valence-electron chi connectivity index (χ3n) is 5.35. The lowest BCUT2D eigenvalue weighted by Crippen LogP contribution is -2.39. The van der Waals surface area contributed by atoms with Crippen LogP contribution in [0, 0.1) is 23.7 Å². The van der Waals surface area contributed by atoms with Crippen LogP contribution in [-0.4, -0.2) is 12.6 Å². The molecule has 0 aromatic heterocycles. The van der Waals surface area contributed by atoms with E-state index in [0.29, 0.717) is 6.04 Å². The molecule has 3 unspecified atom stereocenters. The third kappa shape index (κ3) is 3.98. The molecule has 1 N–H and O–H groups in total. The highest BCUT2D eigenvalue weighted by Gasteiger charge is 2.34. The normalized spacial score (nSPS) is 35.0. The Morgan fingerprint density at radius 3 is 2.39 bits per heavy atom. The van der Waals surface area contributed by atoms with Crippen molar-refractivity contribution in [3.63, 3.8) is 0 Å². The second-order valence-electron chi connectivity index (χ2n) is 7.30. The van der Waals surface area contributed by atoms with Crippen LogP contribution >= 0.6 is 0 Å². The van der Waals surface area contributed by atoms with Crippen molar-refractivity contribution in [2.45, 2.75) is 78.2 Å². The van der Waals surface area contributed by atoms with Crippen molar-refractivity contribution in [1.82, 2.24) is 5.32 Å². The molecule has 2 saturated carbocycles. The molecule has 0 radical (unpaired) electrons. The molecule has 106 valence electrons. The summed E-state index contributed by atoms with van der Waals surface area (Å²) in [6.45, 7) is 8.30. The first-order chi connectivity index (χ1) is 8.66. The summed E-state index contributed by atoms with van der Waals surface area (Å²) in [6, 6.07) is 0.649. The van der Waals surface area contributed by atoms with Gasteiger partial charge in [0.2, 0.25) is 0 Å². The average Bonchev–Trinajstić information content (AvgIpc) is 2.38. The quantitative estimate of drug-likeness (QED) is 0.769. The van der Waals surface area contributed by atoms with Gasteiger partial charge in [0.05, 0.1) is 0 Å². The van der Waals surface area contributed by atoms with Gasteiger partial charge in [-0.3, -0.25) is 0 Å². The summed E-state index contributed by atoms with van der Waals surface area (Å²) in [5.74, 6) is 4.03. The van der Waals surface area contributed by atoms with Gasteiger partial charge in [0, 0.05) is 6.04 Å². The number of rotatable bonds is 4. The van der Waals surface area contributed by atoms with E-state index in [4.69, 9.17) is 0 Å². The second-order valence-corrected chi connectivity index (χ2v) is 7.30. The smallest absolute Gasteiger partial charge is 0.00104 e. The molecule has 3 atom stereocenters. The Morgan fingerprint density at radius 1 is 1.00 bits per heavy atom. The summed E-state index contributed by atoms with van der Waals surface area (Å²) in [5.41, 5.74) is 0. The standard InChI is InChI=1S/C17H33N/c1-13(2)18-12-16-10-9-14(3)11-17(16)15-7-5-4-6-8-15/h13-18H,4-12H2,1-3H3. The fraction of sp³-hybridized carbons (Fsp3) is 1.00. The van der Waals surface area contributed by atoms with Gasteiger partial charge < -0.3 is 5.32 Å². The maximum absolute atomic E-state index is 3.70. The highest BCUT2D eigenvalue weighted by molar-refractivity contribution is 4.86. The average molecular weight is 251 g/mol. The predicted octanol–water partition coefficient (Wildman–Crippen LogP) is 4.62. The van der Waals surface area contributed by atoms with Gasteiger partial charge in [0.1, 0.15) is 0 Å². The highest BCUT2D eigenvalue weighted by Crippen LogP contribution is 2.43. The summed E-state index contributed by atoms with van der Waals surface area (Å²) in [6.07, 6.45) is 12.0. The van der Waals surface area contributed by atoms with E-state index < -0.39 is 0 Å². The number of nitrogens with one attached hydrogen (secondary N) is 1. The Kier molecular flexibility index (Phi) is 5.54. The van der Waals surface area contributed by atoms with Crippen LogP contribution < -0.4 is 5.32 Å². The van der Waals surface area contributed by atoms with Crippen molar-refractivity contribution in [3.8, 4) is 0 Å². The molecule has 18 heavy (non-hydrogen) atoms. The Balaban J connectivity index is 1.91. The van der Waals surface area contributed by atoms with Crippen LogP contribution in [0.25, 0.3) is 0 Å². The van der Waals surface area contributed by atoms with Gasteiger partial charge in [0.25, 0.3) is 0 Å². The molecule has 1 heteroatoms. The molecule has 0 heterocycles. The van der Waals surface area contributed by atoms with Crippen LogP contribution in [0.15, 0.2) is 0 Å². The first-order valence-electron chi connectivity index (χ1n) is 8.40. The molecule has 2 aliphatic carbocycles. The Bertz CT molecular complexity index is 230. The van der Waals surface area contributed by atoms with E-state index in [1.807, 2.05) is 0 Å². The van der Waals surface area contributed by atoms with E-state index in [-0.39, 0.29) is 0 Å². The predicted molar refractivity (Wildman–Crippen MR) is 79.7 cm³/mol. The first kappa shape index (κ1) is 14.4. The highest BCUT2D eigenvalue weighted by atomic mass is 14.9. The van der Waals surface area contributed by atoms with Crippen molar-refractivity contribution < 1.29 is 0 Å². The summed E-state index contributed by atoms with van der Waals surface area (Å²) < 4.78 is 0. The maximum atomic E-state index is 3.70. The molecular weight excluding hydrogens is 218 g/mol. The van der Waals surface area contributed by atoms with Gasteiger partial charge >= 0.3 is 0 Å². The van der Waals surface area contributed by atoms with Gasteiger partial charge in [-0.2, -0.15) is 0 Å². The van der Waals surface area contributed by atoms with Gasteiger partial charge in [-0.05, 0) is 43.1 Å². The molecule has 0 aliphatic heterocycles. The SMILES string of the molecule is CC1CCC(CNC(C)C)C(C2CCCCC2)C1. The zero-order valence-corrected chi connectivity index (χ0v) is 12.8. The lowest BCUT2D eigenvalue weighted by atomic mass is 9.65. The topological polar surface area (TPSA) is 12.0 Å². The molecule has 2 aliphatic rings. The molecule has 0 aromatic carbocycles. The van der Waals surface area contributed by atoms with Crippen LogP contribution in [0.1, 0.15) is 72.1 Å². The number of hydrogen-bond acceptors (Lipinski definition) is 1. The minimum absolute atomic E-state index is 0.649. The molecule has 0 amide bonds. The zero-order chi connectivity index (χ0) is 13.0. The summed E-state index contributed by atoms with van der Waals surface area (Å²) >= 11 is 0. The van der Waals surface area contributed by atoms with E-state index in [1.165, 1.54) is 57.9 Å². The van der Waals surface area contributed by atoms with Crippen molar-refractivity contribution in [2.24, 2.45) is 23.7 Å². The van der Waals surface area contributed by atoms with E-state index in [2.05, 4.69) is 26.1 Å². The summed E-state index contributed by atoms with van der Waals surface area (Å²) in [4.78, 5) is 0. The second kappa shape index (κ2) is 6.93. The molecule has 0 aromatic rings. The molecular formula is C17H33N. The molecule has 0 bridgehead atoms. The molecule has 0 spiro atoms. The zero-order valence-electron chi connectivity index (χ0n) is 12.8. The molecule has 1 nitrogen and oxygen atoms in total. The van der Waals surface area contributed by atoms with Crippen molar-refractivity contribution in [2.75, 3.05) is 6.54 Å². The van der Waals surface area contributed by atoms with E-state index >= 15 is 0 Å². The fourth-order valence-electron chi connectivity index (χ4n) is 4.27. The summed E-state index contributed by atoms with van der Waals surface area (Å²) in [5, 5.41) is 3.70. The van der Waals surface area contributed by atoms with Crippen molar-refractivity contribution in [1.29, 1.82) is 0 Å². The third-order valence-corrected chi connectivity index (χ3v) is 5.35. The van der Waals surface area contributed by atoms with E-state index in [9.17, 15) is 0 Å². The van der Waals surface area contributed by atoms with Crippen molar-refractivity contribution in [3.05, 3.63) is 0 Å². The van der Waals surface area contributed by atoms with Crippen LogP contribution in [0.5, 0.6) is 0 Å². The van der Waals surface area contributed by atoms with Crippen LogP contribution in [0.4, 0.5) is 0 Å². The van der Waals surface area contributed by atoms with Crippen LogP contribution in [0.3, 0.4) is 0 Å². The Hall–Kier alpha value is -0.0400. The Labute approximate surface area is 114 Å². The van der Waals surface area contributed by atoms with Crippen LogP contribution in [0.2, 0.25) is 0 Å². The van der Waals surface area contributed by atoms with Gasteiger partial charge in [-0.1, -0.05) is 59.3 Å². The van der Waals surface area contributed by atoms with Gasteiger partial charge in [0.15, 0.2) is 0 Å². The maximum Gasteiger partial charge on any atom is 0.00104 e. The minimum Gasteiger partial charge on any atom is -0.314 e. The first-order valence-corrected chi connectivity index (χ1v) is 8.40. The molecule has 2 fully saturated rings. The van der Waals surface area contributed by atoms with E-state index in [1.54, 1.807) is 0 Å².